The summed E-state index contributed by atoms with van der Waals surface area (Å²) in [7, 11) is -3.46. The molecule has 142 valence electrons. The van der Waals surface area contributed by atoms with Crippen molar-refractivity contribution in [2.75, 3.05) is 18.4 Å². The van der Waals surface area contributed by atoms with Crippen LogP contribution < -0.4 is 5.32 Å². The van der Waals surface area contributed by atoms with Crippen LogP contribution in [-0.2, 0) is 14.8 Å². The van der Waals surface area contributed by atoms with Crippen LogP contribution in [0.15, 0.2) is 64.0 Å². The summed E-state index contributed by atoms with van der Waals surface area (Å²) in [6, 6.07) is 13.9. The fraction of sp³-hybridized carbons (Fsp3) is 0.250. The van der Waals surface area contributed by atoms with Crippen molar-refractivity contribution < 1.29 is 13.2 Å². The highest BCUT2D eigenvalue weighted by atomic mass is 79.9. The lowest BCUT2D eigenvalue weighted by molar-refractivity contribution is -0.111. The van der Waals surface area contributed by atoms with Gasteiger partial charge in [-0.1, -0.05) is 40.5 Å². The zero-order valence-corrected chi connectivity index (χ0v) is 17.2. The highest BCUT2D eigenvalue weighted by Gasteiger charge is 2.25. The third-order valence-corrected chi connectivity index (χ3v) is 7.03. The van der Waals surface area contributed by atoms with Crippen molar-refractivity contribution in [3.8, 4) is 0 Å². The van der Waals surface area contributed by atoms with Gasteiger partial charge in [-0.25, -0.2) is 8.42 Å². The summed E-state index contributed by atoms with van der Waals surface area (Å²) in [5.74, 6) is -0.280. The number of piperidine rings is 1. The van der Waals surface area contributed by atoms with Crippen molar-refractivity contribution in [3.05, 3.63) is 64.6 Å². The van der Waals surface area contributed by atoms with Crippen molar-refractivity contribution >= 4 is 43.6 Å². The van der Waals surface area contributed by atoms with E-state index in [1.807, 2.05) is 24.3 Å². The molecule has 0 unspecified atom stereocenters. The van der Waals surface area contributed by atoms with E-state index >= 15 is 0 Å². The van der Waals surface area contributed by atoms with Gasteiger partial charge < -0.3 is 5.32 Å². The van der Waals surface area contributed by atoms with E-state index in [2.05, 4.69) is 21.2 Å². The number of amides is 1. The normalized spacial score (nSPS) is 15.7. The third-order valence-electron chi connectivity index (χ3n) is 4.39. The van der Waals surface area contributed by atoms with E-state index in [1.165, 1.54) is 22.5 Å². The highest BCUT2D eigenvalue weighted by Crippen LogP contribution is 2.22. The molecule has 0 aliphatic carbocycles. The average Bonchev–Trinajstić information content (AvgIpc) is 2.68. The fourth-order valence-corrected chi connectivity index (χ4v) is 4.86. The van der Waals surface area contributed by atoms with E-state index in [-0.39, 0.29) is 10.8 Å². The Hall–Kier alpha value is -1.96. The molecule has 1 saturated heterocycles. The Morgan fingerprint density at radius 1 is 1.00 bits per heavy atom. The van der Waals surface area contributed by atoms with Crippen LogP contribution in [0.2, 0.25) is 0 Å². The maximum absolute atomic E-state index is 12.6. The Bertz CT molecular complexity index is 934. The van der Waals surface area contributed by atoms with Crippen molar-refractivity contribution in [2.45, 2.75) is 24.2 Å². The van der Waals surface area contributed by atoms with Crippen LogP contribution in [0, 0.1) is 0 Å². The quantitative estimate of drug-likeness (QED) is 0.694. The molecule has 0 bridgehead atoms. The number of hydrogen-bond donors (Lipinski definition) is 1. The molecule has 0 atom stereocenters. The molecule has 0 radical (unpaired) electrons. The second-order valence-electron chi connectivity index (χ2n) is 6.33. The maximum Gasteiger partial charge on any atom is 0.248 e. The SMILES string of the molecule is O=C(/C=C/c1ccccc1Br)Nc1ccc(S(=O)(=O)N2CCCCC2)cc1. The number of rotatable bonds is 5. The second kappa shape index (κ2) is 8.82. The average molecular weight is 449 g/mol. The number of anilines is 1. The Kier molecular flexibility index (Phi) is 6.46. The molecule has 1 amide bonds. The molecule has 1 heterocycles. The maximum atomic E-state index is 12.6. The number of nitrogens with zero attached hydrogens (tertiary/aromatic N) is 1. The lowest BCUT2D eigenvalue weighted by Gasteiger charge is -2.25. The first-order valence-corrected chi connectivity index (χ1v) is 11.0. The molecule has 1 aliphatic rings. The van der Waals surface area contributed by atoms with Crippen LogP contribution in [0.25, 0.3) is 6.08 Å². The molecule has 5 nitrogen and oxygen atoms in total. The van der Waals surface area contributed by atoms with E-state index in [1.54, 1.807) is 18.2 Å². The van der Waals surface area contributed by atoms with E-state index in [0.29, 0.717) is 18.8 Å². The van der Waals surface area contributed by atoms with Gasteiger partial charge in [0.1, 0.15) is 0 Å². The first-order valence-electron chi connectivity index (χ1n) is 8.80. The molecule has 2 aromatic rings. The number of nitrogens with one attached hydrogen (secondary N) is 1. The minimum absolute atomic E-state index is 0.256. The molecular formula is C20H21BrN2O3S. The van der Waals surface area contributed by atoms with Crippen molar-refractivity contribution in [2.24, 2.45) is 0 Å². The van der Waals surface area contributed by atoms with Gasteiger partial charge in [-0.2, -0.15) is 4.31 Å². The predicted octanol–water partition coefficient (Wildman–Crippen LogP) is 4.28. The molecule has 27 heavy (non-hydrogen) atoms. The molecule has 0 saturated carbocycles. The molecule has 7 heteroatoms. The smallest absolute Gasteiger partial charge is 0.248 e. The van der Waals surface area contributed by atoms with E-state index < -0.39 is 10.0 Å². The van der Waals surface area contributed by atoms with Gasteiger partial charge >= 0.3 is 0 Å². The van der Waals surface area contributed by atoms with Crippen LogP contribution in [-0.4, -0.2) is 31.7 Å². The molecular weight excluding hydrogens is 428 g/mol. The summed E-state index contributed by atoms with van der Waals surface area (Å²) in [6.07, 6.45) is 6.03. The van der Waals surface area contributed by atoms with Crippen LogP contribution in [0.3, 0.4) is 0 Å². The van der Waals surface area contributed by atoms with Crippen molar-refractivity contribution in [3.63, 3.8) is 0 Å². The lowest BCUT2D eigenvalue weighted by atomic mass is 10.2. The second-order valence-corrected chi connectivity index (χ2v) is 9.13. The number of benzene rings is 2. The largest absolute Gasteiger partial charge is 0.323 e. The van der Waals surface area contributed by atoms with Gasteiger partial charge in [-0.05, 0) is 54.8 Å². The zero-order valence-electron chi connectivity index (χ0n) is 14.8. The molecule has 0 aromatic heterocycles. The number of carbonyl (C=O) groups is 1. The number of hydrogen-bond acceptors (Lipinski definition) is 3. The van der Waals surface area contributed by atoms with Crippen molar-refractivity contribution in [1.82, 2.24) is 4.31 Å². The summed E-state index contributed by atoms with van der Waals surface area (Å²) < 4.78 is 27.7. The van der Waals surface area contributed by atoms with E-state index in [9.17, 15) is 13.2 Å². The van der Waals surface area contributed by atoms with E-state index in [0.717, 1.165) is 29.3 Å². The van der Waals surface area contributed by atoms with Crippen LogP contribution >= 0.6 is 15.9 Å². The Morgan fingerprint density at radius 3 is 2.33 bits per heavy atom. The standard InChI is InChI=1S/C20H21BrN2O3S/c21-19-7-3-2-6-16(19)8-13-20(24)22-17-9-11-18(12-10-17)27(25,26)23-14-4-1-5-15-23/h2-3,6-13H,1,4-5,14-15H2,(H,22,24)/b13-8+. The van der Waals surface area contributed by atoms with Gasteiger partial charge in [0.2, 0.25) is 15.9 Å². The molecule has 0 spiro atoms. The van der Waals surface area contributed by atoms with Crippen molar-refractivity contribution in [1.29, 1.82) is 0 Å². The summed E-state index contributed by atoms with van der Waals surface area (Å²) >= 11 is 3.43. The van der Waals surface area contributed by atoms with Gasteiger partial charge in [0, 0.05) is 29.3 Å². The monoisotopic (exact) mass is 448 g/mol. The molecule has 1 N–H and O–H groups in total. The topological polar surface area (TPSA) is 66.5 Å². The van der Waals surface area contributed by atoms with Crippen LogP contribution in [0.5, 0.6) is 0 Å². The minimum Gasteiger partial charge on any atom is -0.323 e. The molecule has 1 aliphatic heterocycles. The van der Waals surface area contributed by atoms with Crippen LogP contribution in [0.4, 0.5) is 5.69 Å². The fourth-order valence-electron chi connectivity index (χ4n) is 2.92. The number of carbonyl (C=O) groups excluding carboxylic acids is 1. The van der Waals surface area contributed by atoms with Gasteiger partial charge in [0.05, 0.1) is 4.90 Å². The Morgan fingerprint density at radius 2 is 1.67 bits per heavy atom. The highest BCUT2D eigenvalue weighted by molar-refractivity contribution is 9.10. The first kappa shape index (κ1) is 19.8. The molecule has 1 fully saturated rings. The number of halogens is 1. The molecule has 3 rings (SSSR count). The summed E-state index contributed by atoms with van der Waals surface area (Å²) in [6.45, 7) is 1.14. The first-order chi connectivity index (χ1) is 13.0. The van der Waals surface area contributed by atoms with Gasteiger partial charge in [0.15, 0.2) is 0 Å². The summed E-state index contributed by atoms with van der Waals surface area (Å²) in [5, 5.41) is 2.74. The van der Waals surface area contributed by atoms with E-state index in [4.69, 9.17) is 0 Å². The van der Waals surface area contributed by atoms with Gasteiger partial charge in [-0.15, -0.1) is 0 Å². The summed E-state index contributed by atoms with van der Waals surface area (Å²) in [5.41, 5.74) is 1.45. The van der Waals surface area contributed by atoms with Gasteiger partial charge in [-0.3, -0.25) is 4.79 Å². The Labute approximate surface area is 168 Å². The number of sulfonamides is 1. The van der Waals surface area contributed by atoms with Crippen LogP contribution in [0.1, 0.15) is 24.8 Å². The molecule has 2 aromatic carbocycles. The third kappa shape index (κ3) is 5.06. The predicted molar refractivity (Wildman–Crippen MR) is 111 cm³/mol. The van der Waals surface area contributed by atoms with Gasteiger partial charge in [0.25, 0.3) is 0 Å². The zero-order chi connectivity index (χ0) is 19.3. The Balaban J connectivity index is 1.65. The lowest BCUT2D eigenvalue weighted by Crippen LogP contribution is -2.35. The minimum atomic E-state index is -3.46. The summed E-state index contributed by atoms with van der Waals surface area (Å²) in [4.78, 5) is 12.3.